The van der Waals surface area contributed by atoms with Crippen LogP contribution in [0.15, 0.2) is 72.8 Å². The Morgan fingerprint density at radius 2 is 1.61 bits per heavy atom. The van der Waals surface area contributed by atoms with Crippen molar-refractivity contribution < 1.29 is 14.3 Å². The van der Waals surface area contributed by atoms with E-state index >= 15 is 0 Å². The molecule has 0 bridgehead atoms. The molecule has 1 heterocycles. The molecule has 4 rings (SSSR count). The minimum absolute atomic E-state index is 0.0211. The zero-order valence-corrected chi connectivity index (χ0v) is 18.0. The van der Waals surface area contributed by atoms with Crippen LogP contribution in [0.2, 0.25) is 0 Å². The first-order valence-electron chi connectivity index (χ1n) is 10.5. The highest BCUT2D eigenvalue weighted by molar-refractivity contribution is 5.78. The smallest absolute Gasteiger partial charge is 0.234 e. The van der Waals surface area contributed by atoms with Crippen LogP contribution in [-0.2, 0) is 17.8 Å². The Balaban J connectivity index is 1.59. The molecule has 5 heteroatoms. The molecule has 1 unspecified atom stereocenters. The molecule has 0 fully saturated rings. The van der Waals surface area contributed by atoms with Crippen LogP contribution in [0.4, 0.5) is 0 Å². The van der Waals surface area contributed by atoms with Crippen molar-refractivity contribution in [3.63, 3.8) is 0 Å². The molecule has 1 amide bonds. The Hall–Kier alpha value is -3.31. The van der Waals surface area contributed by atoms with Crippen LogP contribution in [0.3, 0.4) is 0 Å². The van der Waals surface area contributed by atoms with Crippen LogP contribution < -0.4 is 14.8 Å². The Morgan fingerprint density at radius 3 is 2.29 bits per heavy atom. The SMILES string of the molecule is COc1cc2c(cc1OC)C(c1ccccc1)N(CC(=O)NCc1ccccc1)CC2. The zero-order valence-electron chi connectivity index (χ0n) is 18.0. The number of nitrogens with zero attached hydrogens (tertiary/aromatic N) is 1. The standard InChI is InChI=1S/C26H28N2O3/c1-30-23-15-21-13-14-28(18-25(29)27-17-19-9-5-3-6-10-19)26(20-11-7-4-8-12-20)22(21)16-24(23)31-2/h3-12,15-16,26H,13-14,17-18H2,1-2H3,(H,27,29). The van der Waals surface area contributed by atoms with Crippen LogP contribution in [0, 0.1) is 0 Å². The molecule has 0 saturated carbocycles. The summed E-state index contributed by atoms with van der Waals surface area (Å²) >= 11 is 0. The highest BCUT2D eigenvalue weighted by Gasteiger charge is 2.31. The van der Waals surface area contributed by atoms with E-state index in [9.17, 15) is 4.79 Å². The summed E-state index contributed by atoms with van der Waals surface area (Å²) in [6.45, 7) is 1.66. The average molecular weight is 417 g/mol. The Bertz CT molecular complexity index is 1020. The van der Waals surface area contributed by atoms with Crippen molar-refractivity contribution in [2.75, 3.05) is 27.3 Å². The minimum Gasteiger partial charge on any atom is -0.493 e. The van der Waals surface area contributed by atoms with Crippen molar-refractivity contribution in [3.8, 4) is 11.5 Å². The third kappa shape index (κ3) is 4.72. The summed E-state index contributed by atoms with van der Waals surface area (Å²) in [7, 11) is 3.31. The van der Waals surface area contributed by atoms with Crippen molar-refractivity contribution in [3.05, 3.63) is 95.1 Å². The third-order valence-electron chi connectivity index (χ3n) is 5.77. The van der Waals surface area contributed by atoms with E-state index in [1.54, 1.807) is 14.2 Å². The maximum absolute atomic E-state index is 12.8. The molecular weight excluding hydrogens is 388 g/mol. The van der Waals surface area contributed by atoms with Gasteiger partial charge in [-0.3, -0.25) is 9.69 Å². The lowest BCUT2D eigenvalue weighted by Crippen LogP contribution is -2.43. The predicted molar refractivity (Wildman–Crippen MR) is 121 cm³/mol. The van der Waals surface area contributed by atoms with E-state index in [1.807, 2.05) is 48.5 Å². The van der Waals surface area contributed by atoms with Gasteiger partial charge in [-0.15, -0.1) is 0 Å². The molecule has 1 aliphatic heterocycles. The third-order valence-corrected chi connectivity index (χ3v) is 5.77. The number of hydrogen-bond acceptors (Lipinski definition) is 4. The van der Waals surface area contributed by atoms with Gasteiger partial charge in [0.2, 0.25) is 5.91 Å². The second-order valence-electron chi connectivity index (χ2n) is 7.70. The Kier molecular flexibility index (Phi) is 6.53. The topological polar surface area (TPSA) is 50.8 Å². The van der Waals surface area contributed by atoms with E-state index < -0.39 is 0 Å². The van der Waals surface area contributed by atoms with E-state index in [1.165, 1.54) is 5.56 Å². The molecule has 0 spiro atoms. The molecule has 3 aromatic rings. The number of benzene rings is 3. The number of methoxy groups -OCH3 is 2. The summed E-state index contributed by atoms with van der Waals surface area (Å²) in [5, 5.41) is 3.06. The molecule has 3 aromatic carbocycles. The molecule has 1 atom stereocenters. The Morgan fingerprint density at radius 1 is 0.968 bits per heavy atom. The van der Waals surface area contributed by atoms with E-state index in [0.717, 1.165) is 35.4 Å². The minimum atomic E-state index is -0.0211. The van der Waals surface area contributed by atoms with Crippen LogP contribution in [-0.4, -0.2) is 38.1 Å². The summed E-state index contributed by atoms with van der Waals surface area (Å²) in [4.78, 5) is 15.0. The van der Waals surface area contributed by atoms with Crippen molar-refractivity contribution in [2.24, 2.45) is 0 Å². The first kappa shape index (κ1) is 20.9. The second kappa shape index (κ2) is 9.67. The number of ether oxygens (including phenoxy) is 2. The monoisotopic (exact) mass is 416 g/mol. The number of fused-ring (bicyclic) bond motifs is 1. The van der Waals surface area contributed by atoms with Gasteiger partial charge in [0.1, 0.15) is 0 Å². The van der Waals surface area contributed by atoms with Gasteiger partial charge < -0.3 is 14.8 Å². The van der Waals surface area contributed by atoms with E-state index in [4.69, 9.17) is 9.47 Å². The van der Waals surface area contributed by atoms with Crippen molar-refractivity contribution in [1.82, 2.24) is 10.2 Å². The van der Waals surface area contributed by atoms with E-state index in [-0.39, 0.29) is 11.9 Å². The number of hydrogen-bond donors (Lipinski definition) is 1. The maximum Gasteiger partial charge on any atom is 0.234 e. The summed E-state index contributed by atoms with van der Waals surface area (Å²) < 4.78 is 11.1. The van der Waals surface area contributed by atoms with Crippen LogP contribution in [0.1, 0.15) is 28.3 Å². The fourth-order valence-corrected chi connectivity index (χ4v) is 4.23. The van der Waals surface area contributed by atoms with Crippen molar-refractivity contribution in [2.45, 2.75) is 19.0 Å². The fraction of sp³-hybridized carbons (Fsp3) is 0.269. The lowest BCUT2D eigenvalue weighted by molar-refractivity contribution is -0.122. The predicted octanol–water partition coefficient (Wildman–Crippen LogP) is 3.97. The number of carbonyl (C=O) groups excluding carboxylic acids is 1. The largest absolute Gasteiger partial charge is 0.493 e. The van der Waals surface area contributed by atoms with Gasteiger partial charge in [-0.25, -0.2) is 0 Å². The molecule has 0 aliphatic carbocycles. The van der Waals surface area contributed by atoms with E-state index in [0.29, 0.717) is 18.8 Å². The van der Waals surface area contributed by atoms with Crippen LogP contribution in [0.5, 0.6) is 11.5 Å². The Labute approximate surface area is 183 Å². The normalized spacial score (nSPS) is 15.7. The number of nitrogens with one attached hydrogen (secondary N) is 1. The van der Waals surface area contributed by atoms with Gasteiger partial charge in [0.15, 0.2) is 11.5 Å². The van der Waals surface area contributed by atoms with Crippen molar-refractivity contribution in [1.29, 1.82) is 0 Å². The molecule has 0 aromatic heterocycles. The van der Waals surface area contributed by atoms with Crippen molar-refractivity contribution >= 4 is 5.91 Å². The maximum atomic E-state index is 12.8. The van der Waals surface area contributed by atoms with Gasteiger partial charge >= 0.3 is 0 Å². The molecule has 1 aliphatic rings. The molecule has 5 nitrogen and oxygen atoms in total. The second-order valence-corrected chi connectivity index (χ2v) is 7.70. The summed E-state index contributed by atoms with van der Waals surface area (Å²) in [5.74, 6) is 1.47. The zero-order chi connectivity index (χ0) is 21.6. The van der Waals surface area contributed by atoms with Gasteiger partial charge in [-0.05, 0) is 40.8 Å². The van der Waals surface area contributed by atoms with Gasteiger partial charge in [-0.2, -0.15) is 0 Å². The fourth-order valence-electron chi connectivity index (χ4n) is 4.23. The number of carbonyl (C=O) groups is 1. The quantitative estimate of drug-likeness (QED) is 0.633. The van der Waals surface area contributed by atoms with Gasteiger partial charge in [0, 0.05) is 13.1 Å². The van der Waals surface area contributed by atoms with Gasteiger partial charge in [-0.1, -0.05) is 60.7 Å². The lowest BCUT2D eigenvalue weighted by atomic mass is 9.87. The molecule has 160 valence electrons. The highest BCUT2D eigenvalue weighted by Crippen LogP contribution is 2.40. The summed E-state index contributed by atoms with van der Waals surface area (Å²) in [5.41, 5.74) is 4.64. The van der Waals surface area contributed by atoms with E-state index in [2.05, 4.69) is 34.5 Å². The molecular formula is C26H28N2O3. The van der Waals surface area contributed by atoms with Gasteiger partial charge in [0.25, 0.3) is 0 Å². The van der Waals surface area contributed by atoms with Gasteiger partial charge in [0.05, 0.1) is 26.8 Å². The first-order valence-corrected chi connectivity index (χ1v) is 10.5. The van der Waals surface area contributed by atoms with Crippen LogP contribution in [0.25, 0.3) is 0 Å². The number of rotatable bonds is 7. The molecule has 31 heavy (non-hydrogen) atoms. The number of amides is 1. The van der Waals surface area contributed by atoms with Crippen LogP contribution >= 0.6 is 0 Å². The average Bonchev–Trinajstić information content (AvgIpc) is 2.83. The first-order chi connectivity index (χ1) is 15.2. The summed E-state index contributed by atoms with van der Waals surface area (Å²) in [6.07, 6.45) is 0.852. The molecule has 1 N–H and O–H groups in total. The summed E-state index contributed by atoms with van der Waals surface area (Å²) in [6, 6.07) is 24.4. The lowest BCUT2D eigenvalue weighted by Gasteiger charge is -2.37. The molecule has 0 saturated heterocycles. The molecule has 0 radical (unpaired) electrons. The highest BCUT2D eigenvalue weighted by atomic mass is 16.5.